The molecule has 2 aromatic heterocycles. The molecule has 0 aliphatic heterocycles. The summed E-state index contributed by atoms with van der Waals surface area (Å²) in [7, 11) is -4.09. The van der Waals surface area contributed by atoms with Gasteiger partial charge >= 0.3 is 0 Å². The summed E-state index contributed by atoms with van der Waals surface area (Å²) >= 11 is 6.31. The normalized spacial score (nSPS) is 24.1. The highest BCUT2D eigenvalue weighted by atomic mass is 35.5. The summed E-state index contributed by atoms with van der Waals surface area (Å²) in [5, 5.41) is 24.5. The van der Waals surface area contributed by atoms with Gasteiger partial charge in [0, 0.05) is 35.3 Å². The molecule has 3 unspecified atom stereocenters. The number of carbonyl (C=O) groups excluding carboxylic acids is 1. The van der Waals surface area contributed by atoms with Crippen molar-refractivity contribution in [2.24, 2.45) is 11.8 Å². The molecule has 224 valence electrons. The molecule has 2 fully saturated rings. The quantitative estimate of drug-likeness (QED) is 0.248. The molecule has 0 radical (unpaired) electrons. The number of anilines is 1. The van der Waals surface area contributed by atoms with Crippen LogP contribution >= 0.6 is 11.6 Å². The third-order valence-electron chi connectivity index (χ3n) is 8.53. The highest BCUT2D eigenvalue weighted by molar-refractivity contribution is 7.92. The molecule has 9 nitrogen and oxygen atoms in total. The van der Waals surface area contributed by atoms with Crippen LogP contribution in [0.25, 0.3) is 11.3 Å². The van der Waals surface area contributed by atoms with E-state index in [1.54, 1.807) is 24.5 Å². The lowest BCUT2D eigenvalue weighted by molar-refractivity contribution is -0.152. The molecule has 6 rings (SSSR count). The molecule has 2 heterocycles. The van der Waals surface area contributed by atoms with Crippen LogP contribution in [0.5, 0.6) is 0 Å². The summed E-state index contributed by atoms with van der Waals surface area (Å²) in [4.78, 5) is 21.0. The fourth-order valence-electron chi connectivity index (χ4n) is 6.32. The topological polar surface area (TPSA) is 143 Å². The Kier molecular flexibility index (Phi) is 7.57. The smallest absolute Gasteiger partial charge is 0.255 e. The zero-order valence-electron chi connectivity index (χ0n) is 22.5. The summed E-state index contributed by atoms with van der Waals surface area (Å²) in [6.07, 6.45) is 4.17. The highest BCUT2D eigenvalue weighted by Gasteiger charge is 2.60. The van der Waals surface area contributed by atoms with Crippen LogP contribution in [-0.4, -0.2) is 45.4 Å². The van der Waals surface area contributed by atoms with E-state index in [-0.39, 0.29) is 39.9 Å². The number of aromatic nitrogens is 2. The third-order valence-corrected chi connectivity index (χ3v) is 11.2. The number of benzene rings is 2. The minimum atomic E-state index is -4.09. The minimum Gasteiger partial charge on any atom is -0.445 e. The molecule has 3 atom stereocenters. The number of fused-ring (bicyclic) bond motifs is 2. The Morgan fingerprint density at radius 1 is 1.09 bits per heavy atom. The Morgan fingerprint density at radius 2 is 1.84 bits per heavy atom. The van der Waals surface area contributed by atoms with Gasteiger partial charge in [-0.05, 0) is 80.0 Å². The van der Waals surface area contributed by atoms with Crippen molar-refractivity contribution in [2.75, 3.05) is 5.32 Å². The van der Waals surface area contributed by atoms with E-state index in [0.29, 0.717) is 24.1 Å². The zero-order chi connectivity index (χ0) is 30.5. The van der Waals surface area contributed by atoms with Gasteiger partial charge in [-0.15, -0.1) is 0 Å². The number of hydrogen-bond acceptors (Lipinski definition) is 8. The van der Waals surface area contributed by atoms with Gasteiger partial charge in [-0.25, -0.2) is 22.2 Å². The third kappa shape index (κ3) is 5.22. The van der Waals surface area contributed by atoms with Crippen molar-refractivity contribution in [1.29, 1.82) is 0 Å². The number of rotatable bonds is 7. The van der Waals surface area contributed by atoms with Gasteiger partial charge in [0.25, 0.3) is 5.91 Å². The van der Waals surface area contributed by atoms with Crippen LogP contribution in [0.4, 0.5) is 14.5 Å². The Labute approximate surface area is 250 Å². The van der Waals surface area contributed by atoms with E-state index < -0.39 is 56.2 Å². The summed E-state index contributed by atoms with van der Waals surface area (Å²) in [5.41, 5.74) is -0.598. The fraction of sp³-hybridized carbons (Fsp3) is 0.300. The molecule has 0 saturated heterocycles. The van der Waals surface area contributed by atoms with E-state index in [4.69, 9.17) is 16.0 Å². The first-order valence-electron chi connectivity index (χ1n) is 13.5. The van der Waals surface area contributed by atoms with Crippen molar-refractivity contribution in [1.82, 2.24) is 9.97 Å². The number of nitrogens with one attached hydrogen (secondary N) is 1. The van der Waals surface area contributed by atoms with Crippen LogP contribution in [0.2, 0.25) is 5.02 Å². The van der Waals surface area contributed by atoms with Crippen LogP contribution in [0.1, 0.15) is 48.0 Å². The van der Waals surface area contributed by atoms with E-state index in [0.717, 1.165) is 18.2 Å². The second kappa shape index (κ2) is 11.1. The van der Waals surface area contributed by atoms with Crippen LogP contribution in [0.3, 0.4) is 0 Å². The van der Waals surface area contributed by atoms with E-state index in [2.05, 4.69) is 15.3 Å². The highest BCUT2D eigenvalue weighted by Crippen LogP contribution is 2.56. The molecule has 4 aromatic rings. The van der Waals surface area contributed by atoms with Gasteiger partial charge in [0.1, 0.15) is 17.6 Å². The summed E-state index contributed by atoms with van der Waals surface area (Å²) < 4.78 is 60.1. The monoisotopic (exact) mass is 629 g/mol. The molecule has 2 bridgehead atoms. The molecule has 1 amide bonds. The number of halogens is 3. The number of sulfone groups is 1. The summed E-state index contributed by atoms with van der Waals surface area (Å²) in [6, 6.07) is 10.1. The SMILES string of the molecule is O=C(Nc1ccc(F)c(F)c1)c1ccc(Cl)c(S(=O)(=O)C2CC3CCC(C2)C3(O)C(O)c2nc(-c3cccnc3)co2)c1. The molecule has 2 aromatic carbocycles. The van der Waals surface area contributed by atoms with E-state index in [1.165, 1.54) is 24.5 Å². The first-order valence-corrected chi connectivity index (χ1v) is 15.5. The number of oxazole rings is 1. The van der Waals surface area contributed by atoms with E-state index in [9.17, 15) is 32.2 Å². The van der Waals surface area contributed by atoms with Crippen LogP contribution < -0.4 is 5.32 Å². The second-order valence-electron chi connectivity index (χ2n) is 10.9. The number of aliphatic hydroxyl groups excluding tert-OH is 1. The first kappa shape index (κ1) is 29.4. The summed E-state index contributed by atoms with van der Waals surface area (Å²) in [5.74, 6) is -4.18. The summed E-state index contributed by atoms with van der Waals surface area (Å²) in [6.45, 7) is 0. The van der Waals surface area contributed by atoms with Gasteiger partial charge < -0.3 is 19.9 Å². The maximum Gasteiger partial charge on any atom is 0.255 e. The number of pyridine rings is 1. The molecular weight excluding hydrogens is 604 g/mol. The lowest BCUT2D eigenvalue weighted by Gasteiger charge is -2.44. The first-order chi connectivity index (χ1) is 20.5. The Hall–Kier alpha value is -3.71. The molecule has 43 heavy (non-hydrogen) atoms. The number of hydrogen-bond donors (Lipinski definition) is 3. The van der Waals surface area contributed by atoms with Gasteiger partial charge in [-0.2, -0.15) is 0 Å². The van der Waals surface area contributed by atoms with Gasteiger partial charge in [-0.3, -0.25) is 9.78 Å². The number of amides is 1. The molecule has 3 N–H and O–H groups in total. The van der Waals surface area contributed by atoms with Crippen molar-refractivity contribution in [3.8, 4) is 11.3 Å². The number of carbonyl (C=O) groups is 1. The van der Waals surface area contributed by atoms with Crippen molar-refractivity contribution in [3.05, 3.63) is 95.3 Å². The van der Waals surface area contributed by atoms with Crippen molar-refractivity contribution < 1.29 is 36.6 Å². The Morgan fingerprint density at radius 3 is 2.51 bits per heavy atom. The molecule has 2 aliphatic carbocycles. The standard InChI is InChI=1S/C30H26ClF2N3O6S/c31-22-7-3-16(28(38)35-20-6-8-23(32)24(33)13-20)10-26(22)43(40,41)21-11-18-4-5-19(12-21)30(18,39)27(37)29-36-25(15-42-29)17-2-1-9-34-14-17/h1-3,6-10,13-15,18-19,21,27,37,39H,4-5,11-12H2,(H,35,38). The average Bonchev–Trinajstić information content (AvgIpc) is 3.52. The maximum atomic E-state index is 13.9. The predicted molar refractivity (Wildman–Crippen MR) is 152 cm³/mol. The fourth-order valence-corrected chi connectivity index (χ4v) is 8.72. The average molecular weight is 630 g/mol. The Balaban J connectivity index is 1.22. The van der Waals surface area contributed by atoms with Gasteiger partial charge in [0.2, 0.25) is 5.89 Å². The molecule has 2 aliphatic rings. The minimum absolute atomic E-state index is 0.0106. The van der Waals surface area contributed by atoms with E-state index >= 15 is 0 Å². The number of nitrogens with zero attached hydrogens (tertiary/aromatic N) is 2. The second-order valence-corrected chi connectivity index (χ2v) is 13.5. The molecule has 2 saturated carbocycles. The van der Waals surface area contributed by atoms with Crippen molar-refractivity contribution >= 4 is 33.0 Å². The zero-order valence-corrected chi connectivity index (χ0v) is 24.0. The van der Waals surface area contributed by atoms with Gasteiger partial charge in [0.15, 0.2) is 27.6 Å². The maximum absolute atomic E-state index is 13.9. The lowest BCUT2D eigenvalue weighted by atomic mass is 9.71. The van der Waals surface area contributed by atoms with Crippen LogP contribution in [0, 0.1) is 23.5 Å². The van der Waals surface area contributed by atoms with E-state index in [1.807, 2.05) is 0 Å². The van der Waals surface area contributed by atoms with Gasteiger partial charge in [0.05, 0.1) is 15.2 Å². The van der Waals surface area contributed by atoms with Crippen molar-refractivity contribution in [2.45, 2.75) is 47.5 Å². The molecular formula is C30H26ClF2N3O6S. The predicted octanol–water partition coefficient (Wildman–Crippen LogP) is 5.35. The van der Waals surface area contributed by atoms with Crippen molar-refractivity contribution in [3.63, 3.8) is 0 Å². The Bertz CT molecular complexity index is 1790. The molecule has 0 spiro atoms. The van der Waals surface area contributed by atoms with Gasteiger partial charge in [-0.1, -0.05) is 11.6 Å². The number of aliphatic hydroxyl groups is 2. The lowest BCUT2D eigenvalue weighted by Crippen LogP contribution is -2.52. The largest absolute Gasteiger partial charge is 0.445 e. The van der Waals surface area contributed by atoms with Crippen LogP contribution in [0.15, 0.2) is 76.5 Å². The van der Waals surface area contributed by atoms with Crippen LogP contribution in [-0.2, 0) is 9.84 Å². The molecule has 13 heteroatoms.